The Kier molecular flexibility index (Phi) is 6.19. The van der Waals surface area contributed by atoms with E-state index in [1.54, 1.807) is 37.3 Å². The minimum absolute atomic E-state index is 0.0729. The third-order valence-electron chi connectivity index (χ3n) is 4.73. The largest absolute Gasteiger partial charge is 0.416 e. The molecule has 0 aliphatic heterocycles. The van der Waals surface area contributed by atoms with Crippen LogP contribution in [-0.2, 0) is 16.2 Å². The van der Waals surface area contributed by atoms with Crippen LogP contribution in [-0.4, -0.2) is 14.3 Å². The SMILES string of the molecule is CC(NC(=O)c1ccccc1-c1ccc(C(F)(F)F)cc1)c1cccc(S(N)(=O)=O)c1. The molecule has 0 heterocycles. The molecular formula is C22H19F3N2O3S. The monoisotopic (exact) mass is 448 g/mol. The molecule has 0 radical (unpaired) electrons. The van der Waals surface area contributed by atoms with E-state index in [1.807, 2.05) is 0 Å². The van der Waals surface area contributed by atoms with Crippen LogP contribution < -0.4 is 10.5 Å². The molecule has 0 saturated heterocycles. The average molecular weight is 448 g/mol. The minimum Gasteiger partial charge on any atom is -0.345 e. The van der Waals surface area contributed by atoms with E-state index in [9.17, 15) is 26.4 Å². The average Bonchev–Trinajstić information content (AvgIpc) is 2.72. The predicted molar refractivity (Wildman–Crippen MR) is 111 cm³/mol. The van der Waals surface area contributed by atoms with Crippen molar-refractivity contribution in [1.29, 1.82) is 0 Å². The van der Waals surface area contributed by atoms with Crippen LogP contribution in [0.4, 0.5) is 13.2 Å². The van der Waals surface area contributed by atoms with Gasteiger partial charge in [0.05, 0.1) is 16.5 Å². The van der Waals surface area contributed by atoms with Crippen molar-refractivity contribution in [3.63, 3.8) is 0 Å². The van der Waals surface area contributed by atoms with Crippen molar-refractivity contribution in [1.82, 2.24) is 5.32 Å². The first-order valence-electron chi connectivity index (χ1n) is 9.17. The molecule has 31 heavy (non-hydrogen) atoms. The van der Waals surface area contributed by atoms with Gasteiger partial charge in [-0.1, -0.05) is 42.5 Å². The number of sulfonamides is 1. The summed E-state index contributed by atoms with van der Waals surface area (Å²) in [5.74, 6) is -0.455. The Hall–Kier alpha value is -3.17. The van der Waals surface area contributed by atoms with Crippen LogP contribution in [0.1, 0.15) is 34.5 Å². The maximum atomic E-state index is 12.9. The fourth-order valence-electron chi connectivity index (χ4n) is 3.09. The molecule has 0 fully saturated rings. The fourth-order valence-corrected chi connectivity index (χ4v) is 3.66. The van der Waals surface area contributed by atoms with E-state index in [4.69, 9.17) is 5.14 Å². The molecule has 162 valence electrons. The summed E-state index contributed by atoms with van der Waals surface area (Å²) < 4.78 is 61.6. The number of primary sulfonamides is 1. The summed E-state index contributed by atoms with van der Waals surface area (Å²) in [5, 5.41) is 7.94. The molecule has 0 saturated carbocycles. The number of halogens is 3. The maximum absolute atomic E-state index is 12.9. The molecule has 0 aromatic heterocycles. The fraction of sp³-hybridized carbons (Fsp3) is 0.136. The highest BCUT2D eigenvalue weighted by Crippen LogP contribution is 2.32. The Labute approximate surface area is 177 Å². The lowest BCUT2D eigenvalue weighted by Crippen LogP contribution is -2.27. The third-order valence-corrected chi connectivity index (χ3v) is 5.64. The van der Waals surface area contributed by atoms with Crippen LogP contribution in [0, 0.1) is 0 Å². The number of benzene rings is 3. The number of hydrogen-bond acceptors (Lipinski definition) is 3. The number of nitrogens with one attached hydrogen (secondary N) is 1. The highest BCUT2D eigenvalue weighted by atomic mass is 32.2. The number of rotatable bonds is 5. The van der Waals surface area contributed by atoms with Crippen LogP contribution in [0.3, 0.4) is 0 Å². The van der Waals surface area contributed by atoms with E-state index in [0.717, 1.165) is 12.1 Å². The van der Waals surface area contributed by atoms with Gasteiger partial charge in [0.15, 0.2) is 0 Å². The van der Waals surface area contributed by atoms with Gasteiger partial charge in [0.25, 0.3) is 5.91 Å². The van der Waals surface area contributed by atoms with Gasteiger partial charge in [0.1, 0.15) is 0 Å². The van der Waals surface area contributed by atoms with Crippen molar-refractivity contribution in [2.45, 2.75) is 24.0 Å². The molecular weight excluding hydrogens is 429 g/mol. The van der Waals surface area contributed by atoms with Gasteiger partial charge < -0.3 is 5.32 Å². The summed E-state index contributed by atoms with van der Waals surface area (Å²) in [6.45, 7) is 1.68. The summed E-state index contributed by atoms with van der Waals surface area (Å²) in [6, 6.07) is 16.5. The van der Waals surface area contributed by atoms with Gasteiger partial charge in [0, 0.05) is 5.56 Å². The molecule has 3 N–H and O–H groups in total. The first-order chi connectivity index (χ1) is 14.5. The van der Waals surface area contributed by atoms with Crippen molar-refractivity contribution >= 4 is 15.9 Å². The number of carbonyl (C=O) groups excluding carboxylic acids is 1. The molecule has 3 rings (SSSR count). The zero-order chi connectivity index (χ0) is 22.8. The van der Waals surface area contributed by atoms with Crippen LogP contribution in [0.2, 0.25) is 0 Å². The Morgan fingerprint density at radius 3 is 2.23 bits per heavy atom. The Morgan fingerprint density at radius 2 is 1.61 bits per heavy atom. The number of alkyl halides is 3. The summed E-state index contributed by atoms with van der Waals surface area (Å²) in [7, 11) is -3.89. The van der Waals surface area contributed by atoms with Crippen LogP contribution >= 0.6 is 0 Å². The summed E-state index contributed by atoms with van der Waals surface area (Å²) in [5.41, 5.74) is 0.965. The van der Waals surface area contributed by atoms with Crippen LogP contribution in [0.15, 0.2) is 77.7 Å². The highest BCUT2D eigenvalue weighted by molar-refractivity contribution is 7.89. The zero-order valence-corrected chi connectivity index (χ0v) is 17.2. The molecule has 3 aromatic rings. The van der Waals surface area contributed by atoms with E-state index in [0.29, 0.717) is 16.7 Å². The van der Waals surface area contributed by atoms with Crippen molar-refractivity contribution < 1.29 is 26.4 Å². The summed E-state index contributed by atoms with van der Waals surface area (Å²) in [6.07, 6.45) is -4.45. The van der Waals surface area contributed by atoms with Crippen molar-refractivity contribution in [2.75, 3.05) is 0 Å². The molecule has 0 aliphatic carbocycles. The summed E-state index contributed by atoms with van der Waals surface area (Å²) in [4.78, 5) is 12.8. The van der Waals surface area contributed by atoms with Crippen molar-refractivity contribution in [3.8, 4) is 11.1 Å². The molecule has 5 nitrogen and oxygen atoms in total. The van der Waals surface area contributed by atoms with E-state index in [-0.39, 0.29) is 10.5 Å². The molecule has 3 aromatic carbocycles. The van der Waals surface area contributed by atoms with Gasteiger partial charge >= 0.3 is 6.18 Å². The zero-order valence-electron chi connectivity index (χ0n) is 16.3. The second-order valence-electron chi connectivity index (χ2n) is 6.93. The van der Waals surface area contributed by atoms with E-state index >= 15 is 0 Å². The van der Waals surface area contributed by atoms with Crippen molar-refractivity contribution in [3.05, 3.63) is 89.5 Å². The van der Waals surface area contributed by atoms with Crippen LogP contribution in [0.5, 0.6) is 0 Å². The first kappa shape index (κ1) is 22.5. The summed E-state index contributed by atoms with van der Waals surface area (Å²) >= 11 is 0. The lowest BCUT2D eigenvalue weighted by atomic mass is 9.97. The smallest absolute Gasteiger partial charge is 0.345 e. The first-order valence-corrected chi connectivity index (χ1v) is 10.7. The van der Waals surface area contributed by atoms with Gasteiger partial charge in [-0.3, -0.25) is 4.79 Å². The molecule has 0 spiro atoms. The van der Waals surface area contributed by atoms with Gasteiger partial charge in [-0.2, -0.15) is 13.2 Å². The number of nitrogens with two attached hydrogens (primary N) is 1. The van der Waals surface area contributed by atoms with Gasteiger partial charge in [-0.15, -0.1) is 0 Å². The van der Waals surface area contributed by atoms with Gasteiger partial charge in [-0.05, 0) is 53.9 Å². The lowest BCUT2D eigenvalue weighted by Gasteiger charge is -2.17. The number of carbonyl (C=O) groups is 1. The normalized spacial score (nSPS) is 12.9. The van der Waals surface area contributed by atoms with Crippen LogP contribution in [0.25, 0.3) is 11.1 Å². The third kappa shape index (κ3) is 5.31. The molecule has 1 amide bonds. The second-order valence-corrected chi connectivity index (χ2v) is 8.49. The topological polar surface area (TPSA) is 89.3 Å². The quantitative estimate of drug-likeness (QED) is 0.602. The predicted octanol–water partition coefficient (Wildman–Crippen LogP) is 4.51. The number of amides is 1. The van der Waals surface area contributed by atoms with Gasteiger partial charge in [-0.25, -0.2) is 13.6 Å². The van der Waals surface area contributed by atoms with Gasteiger partial charge in [0.2, 0.25) is 10.0 Å². The van der Waals surface area contributed by atoms with E-state index < -0.39 is 33.7 Å². The Bertz CT molecular complexity index is 1210. The molecule has 1 unspecified atom stereocenters. The standard InChI is InChI=1S/C22H19F3N2O3S/c1-14(16-5-4-6-18(13-16)31(26,29)30)27-21(28)20-8-3-2-7-19(20)15-9-11-17(12-10-15)22(23,24)25/h2-14H,1H3,(H,27,28)(H2,26,29,30). The van der Waals surface area contributed by atoms with E-state index in [1.165, 1.54) is 30.3 Å². The number of hydrogen-bond donors (Lipinski definition) is 2. The molecule has 1 atom stereocenters. The maximum Gasteiger partial charge on any atom is 0.416 e. The molecule has 0 bridgehead atoms. The molecule has 9 heteroatoms. The van der Waals surface area contributed by atoms with Crippen molar-refractivity contribution in [2.24, 2.45) is 5.14 Å². The highest BCUT2D eigenvalue weighted by Gasteiger charge is 2.30. The minimum atomic E-state index is -4.45. The second kappa shape index (κ2) is 8.52. The molecule has 0 aliphatic rings. The Morgan fingerprint density at radius 1 is 0.968 bits per heavy atom. The van der Waals surface area contributed by atoms with E-state index in [2.05, 4.69) is 5.32 Å². The Balaban J connectivity index is 1.87. The lowest BCUT2D eigenvalue weighted by molar-refractivity contribution is -0.137.